The van der Waals surface area contributed by atoms with E-state index in [4.69, 9.17) is 9.57 Å². The van der Waals surface area contributed by atoms with Crippen molar-refractivity contribution in [2.24, 2.45) is 12.2 Å². The molecule has 1 heterocycles. The van der Waals surface area contributed by atoms with Crippen molar-refractivity contribution in [3.63, 3.8) is 0 Å². The summed E-state index contributed by atoms with van der Waals surface area (Å²) in [4.78, 5) is 17.7. The van der Waals surface area contributed by atoms with Crippen molar-refractivity contribution in [2.75, 3.05) is 13.2 Å². The fraction of sp³-hybridized carbons (Fsp3) is 0.333. The number of carbonyl (C=O) groups excluding carboxylic acids is 1. The molecule has 0 fully saturated rings. The highest BCUT2D eigenvalue weighted by molar-refractivity contribution is 6.00. The van der Waals surface area contributed by atoms with Gasteiger partial charge in [0.1, 0.15) is 6.61 Å². The van der Waals surface area contributed by atoms with Crippen molar-refractivity contribution in [3.8, 4) is 5.88 Å². The van der Waals surface area contributed by atoms with E-state index in [2.05, 4.69) is 22.6 Å². The fourth-order valence-corrected chi connectivity index (χ4v) is 3.48. The van der Waals surface area contributed by atoms with Gasteiger partial charge in [0.05, 0.1) is 11.3 Å². The topological polar surface area (TPSA) is 64.8 Å². The van der Waals surface area contributed by atoms with Gasteiger partial charge in [-0.2, -0.15) is 13.2 Å². The highest BCUT2D eigenvalue weighted by atomic mass is 19.4. The van der Waals surface area contributed by atoms with Crippen molar-refractivity contribution in [1.82, 2.24) is 9.88 Å². The molecule has 0 atom stereocenters. The highest BCUT2D eigenvalue weighted by Gasteiger charge is 2.29. The summed E-state index contributed by atoms with van der Waals surface area (Å²) in [5, 5.41) is 6.92. The molecular weight excluding hydrogens is 471 g/mol. The number of oxime groups is 1. The van der Waals surface area contributed by atoms with Gasteiger partial charge in [0.25, 0.3) is 5.91 Å². The van der Waals surface area contributed by atoms with Crippen LogP contribution in [0.4, 0.5) is 13.2 Å². The van der Waals surface area contributed by atoms with Crippen molar-refractivity contribution >= 4 is 11.6 Å². The maximum absolute atomic E-state index is 12.7. The Morgan fingerprint density at radius 3 is 2.44 bits per heavy atom. The highest BCUT2D eigenvalue weighted by Crippen LogP contribution is 2.29. The van der Waals surface area contributed by atoms with Crippen molar-refractivity contribution < 1.29 is 27.5 Å². The number of nitrogens with one attached hydrogen (secondary N) is 1. The Morgan fingerprint density at radius 2 is 1.78 bits per heavy atom. The molecule has 0 bridgehead atoms. The maximum atomic E-state index is 12.7. The third-order valence-electron chi connectivity index (χ3n) is 5.47. The van der Waals surface area contributed by atoms with Gasteiger partial charge in [-0.15, -0.1) is 0 Å². The molecule has 0 saturated carbocycles. The van der Waals surface area contributed by atoms with E-state index in [1.165, 1.54) is 17.7 Å². The molecule has 9 heteroatoms. The van der Waals surface area contributed by atoms with Gasteiger partial charge in [-0.3, -0.25) is 4.79 Å². The van der Waals surface area contributed by atoms with Crippen LogP contribution in [-0.4, -0.2) is 29.4 Å². The number of hydrogen-bond donors (Lipinski definition) is 1. The SMILES string of the molecule is CCC(=NOCCCc1ccccc1)c1cc(OCC(=O)NCc2ccc(C(F)(F)F)cc2)n(C)c1. The van der Waals surface area contributed by atoms with E-state index < -0.39 is 11.7 Å². The van der Waals surface area contributed by atoms with E-state index in [9.17, 15) is 18.0 Å². The summed E-state index contributed by atoms with van der Waals surface area (Å²) in [5.41, 5.74) is 2.70. The van der Waals surface area contributed by atoms with Crippen LogP contribution in [0.25, 0.3) is 0 Å². The average Bonchev–Trinajstić information content (AvgIpc) is 3.24. The molecule has 0 spiro atoms. The van der Waals surface area contributed by atoms with Crippen LogP contribution in [0, 0.1) is 0 Å². The first-order valence-corrected chi connectivity index (χ1v) is 11.7. The van der Waals surface area contributed by atoms with Gasteiger partial charge >= 0.3 is 6.18 Å². The summed E-state index contributed by atoms with van der Waals surface area (Å²) in [5.74, 6) is 0.101. The number of ether oxygens (including phenoxy) is 1. The van der Waals surface area contributed by atoms with Crippen LogP contribution in [0.15, 0.2) is 72.0 Å². The molecule has 3 aromatic rings. The van der Waals surface area contributed by atoms with E-state index in [0.717, 1.165) is 36.2 Å². The van der Waals surface area contributed by atoms with E-state index >= 15 is 0 Å². The third-order valence-corrected chi connectivity index (χ3v) is 5.47. The second kappa shape index (κ2) is 12.8. The minimum absolute atomic E-state index is 0.104. The van der Waals surface area contributed by atoms with E-state index in [-0.39, 0.29) is 19.1 Å². The smallest absolute Gasteiger partial charge is 0.416 e. The normalized spacial score (nSPS) is 11.9. The van der Waals surface area contributed by atoms with Gasteiger partial charge in [-0.05, 0) is 42.5 Å². The zero-order valence-electron chi connectivity index (χ0n) is 20.3. The van der Waals surface area contributed by atoms with Crippen LogP contribution < -0.4 is 10.1 Å². The molecule has 0 aliphatic rings. The summed E-state index contributed by atoms with van der Waals surface area (Å²) in [6.07, 6.45) is -0.0987. The van der Waals surface area contributed by atoms with Gasteiger partial charge in [0, 0.05) is 31.4 Å². The lowest BCUT2D eigenvalue weighted by molar-refractivity contribution is -0.137. The monoisotopic (exact) mass is 501 g/mol. The predicted molar refractivity (Wildman–Crippen MR) is 132 cm³/mol. The lowest BCUT2D eigenvalue weighted by atomic mass is 10.1. The number of carbonyl (C=O) groups is 1. The molecule has 0 unspecified atom stereocenters. The molecule has 36 heavy (non-hydrogen) atoms. The number of nitrogens with zero attached hydrogens (tertiary/aromatic N) is 2. The van der Waals surface area contributed by atoms with E-state index in [1.807, 2.05) is 31.3 Å². The first-order valence-electron chi connectivity index (χ1n) is 11.7. The van der Waals surface area contributed by atoms with Gasteiger partial charge in [-0.1, -0.05) is 54.5 Å². The lowest BCUT2D eigenvalue weighted by Crippen LogP contribution is -2.28. The number of amides is 1. The second-order valence-electron chi connectivity index (χ2n) is 8.25. The number of halogens is 3. The molecule has 0 saturated heterocycles. The number of aryl methyl sites for hydroxylation is 2. The number of alkyl halides is 3. The van der Waals surface area contributed by atoms with Crippen LogP contribution in [-0.2, 0) is 35.8 Å². The van der Waals surface area contributed by atoms with Crippen molar-refractivity contribution in [1.29, 1.82) is 0 Å². The van der Waals surface area contributed by atoms with Crippen LogP contribution in [0.3, 0.4) is 0 Å². The van der Waals surface area contributed by atoms with Crippen LogP contribution in [0.2, 0.25) is 0 Å². The van der Waals surface area contributed by atoms with Crippen LogP contribution >= 0.6 is 0 Å². The molecule has 192 valence electrons. The maximum Gasteiger partial charge on any atom is 0.416 e. The molecule has 1 N–H and O–H groups in total. The molecule has 0 aliphatic heterocycles. The minimum Gasteiger partial charge on any atom is -0.469 e. The summed E-state index contributed by atoms with van der Waals surface area (Å²) in [6, 6.07) is 16.6. The third kappa shape index (κ3) is 8.18. The van der Waals surface area contributed by atoms with Gasteiger partial charge in [0.15, 0.2) is 12.5 Å². The molecule has 6 nitrogen and oxygen atoms in total. The molecule has 1 amide bonds. The number of hydrogen-bond acceptors (Lipinski definition) is 4. The lowest BCUT2D eigenvalue weighted by Gasteiger charge is -2.09. The number of benzene rings is 2. The summed E-state index contributed by atoms with van der Waals surface area (Å²) in [7, 11) is 1.80. The van der Waals surface area contributed by atoms with Gasteiger partial charge < -0.3 is 19.5 Å². The molecule has 0 radical (unpaired) electrons. The first-order chi connectivity index (χ1) is 17.3. The van der Waals surface area contributed by atoms with Gasteiger partial charge in [-0.25, -0.2) is 0 Å². The van der Waals surface area contributed by atoms with E-state index in [0.29, 0.717) is 24.5 Å². The van der Waals surface area contributed by atoms with Crippen LogP contribution in [0.5, 0.6) is 5.88 Å². The standard InChI is InChI=1S/C27H30F3N3O3/c1-3-24(32-36-15-7-10-20-8-5-4-6-9-20)22-16-26(33(2)18-22)35-19-25(34)31-17-21-11-13-23(14-12-21)27(28,29)30/h4-6,8-9,11-14,16,18H,3,7,10,15,17,19H2,1-2H3,(H,31,34). The van der Waals surface area contributed by atoms with Crippen molar-refractivity contribution in [2.45, 2.75) is 38.9 Å². The fourth-order valence-electron chi connectivity index (χ4n) is 3.48. The molecule has 3 rings (SSSR count). The summed E-state index contributed by atoms with van der Waals surface area (Å²) < 4.78 is 45.3. The Morgan fingerprint density at radius 1 is 1.06 bits per heavy atom. The van der Waals surface area contributed by atoms with Crippen molar-refractivity contribution in [3.05, 3.63) is 89.1 Å². The molecular formula is C27H30F3N3O3. The Labute approximate surface area is 208 Å². The first kappa shape index (κ1) is 26.8. The summed E-state index contributed by atoms with van der Waals surface area (Å²) in [6.45, 7) is 2.36. The quantitative estimate of drug-likeness (QED) is 0.202. The molecule has 2 aromatic carbocycles. The zero-order valence-corrected chi connectivity index (χ0v) is 20.3. The predicted octanol–water partition coefficient (Wildman–Crippen LogP) is 5.50. The minimum atomic E-state index is -4.39. The Balaban J connectivity index is 1.45. The second-order valence-corrected chi connectivity index (χ2v) is 8.25. The Hall–Kier alpha value is -3.75. The zero-order chi connectivity index (χ0) is 26.0. The average molecular weight is 502 g/mol. The number of aromatic nitrogens is 1. The summed E-state index contributed by atoms with van der Waals surface area (Å²) >= 11 is 0. The Bertz CT molecular complexity index is 1140. The molecule has 0 aliphatic carbocycles. The van der Waals surface area contributed by atoms with Crippen LogP contribution in [0.1, 0.15) is 42.0 Å². The number of rotatable bonds is 12. The van der Waals surface area contributed by atoms with E-state index in [1.54, 1.807) is 17.7 Å². The van der Waals surface area contributed by atoms with Gasteiger partial charge in [0.2, 0.25) is 0 Å². The Kier molecular flexibility index (Phi) is 9.55. The molecule has 1 aromatic heterocycles. The largest absolute Gasteiger partial charge is 0.469 e.